The van der Waals surface area contributed by atoms with E-state index in [2.05, 4.69) is 20.2 Å². The Morgan fingerprint density at radius 2 is 1.62 bits per heavy atom. The van der Waals surface area contributed by atoms with Crippen LogP contribution in [0.1, 0.15) is 21.5 Å². The molecule has 0 bridgehead atoms. The lowest BCUT2D eigenvalue weighted by Gasteiger charge is -2.12. The van der Waals surface area contributed by atoms with Gasteiger partial charge < -0.3 is 0 Å². The van der Waals surface area contributed by atoms with Crippen LogP contribution < -0.4 is 10.0 Å². The SMILES string of the molecule is Cc1ccc(-c2nnc(NC(=O)c3ccc(C)c(NS(=O)(=O)c4ccccc4)c3)s2)cc1. The molecule has 0 saturated carbocycles. The summed E-state index contributed by atoms with van der Waals surface area (Å²) in [5.41, 5.74) is 3.39. The minimum absolute atomic E-state index is 0.145. The fourth-order valence-corrected chi connectivity index (χ4v) is 4.82. The molecule has 0 aliphatic heterocycles. The van der Waals surface area contributed by atoms with Crippen LogP contribution in [0.3, 0.4) is 0 Å². The van der Waals surface area contributed by atoms with Crippen molar-refractivity contribution >= 4 is 38.1 Å². The van der Waals surface area contributed by atoms with Crippen LogP contribution in [0.5, 0.6) is 0 Å². The number of carbonyl (C=O) groups excluding carboxylic acids is 1. The molecule has 0 unspecified atom stereocenters. The van der Waals surface area contributed by atoms with Gasteiger partial charge in [-0.2, -0.15) is 0 Å². The molecule has 4 aromatic rings. The highest BCUT2D eigenvalue weighted by Gasteiger charge is 2.17. The van der Waals surface area contributed by atoms with Crippen LogP contribution >= 0.6 is 11.3 Å². The van der Waals surface area contributed by atoms with Gasteiger partial charge in [0, 0.05) is 11.1 Å². The Morgan fingerprint density at radius 1 is 0.906 bits per heavy atom. The fraction of sp³-hybridized carbons (Fsp3) is 0.0870. The number of benzene rings is 3. The molecule has 2 N–H and O–H groups in total. The van der Waals surface area contributed by atoms with Crippen LogP contribution in [0.15, 0.2) is 77.7 Å². The van der Waals surface area contributed by atoms with Crippen molar-refractivity contribution in [2.75, 3.05) is 10.0 Å². The van der Waals surface area contributed by atoms with Crippen molar-refractivity contribution in [1.82, 2.24) is 10.2 Å². The number of hydrogen-bond acceptors (Lipinski definition) is 6. The largest absolute Gasteiger partial charge is 0.296 e. The molecule has 7 nitrogen and oxygen atoms in total. The predicted octanol–water partition coefficient (Wildman–Crippen LogP) is 4.88. The highest BCUT2D eigenvalue weighted by Crippen LogP contribution is 2.27. The summed E-state index contributed by atoms with van der Waals surface area (Å²) in [6, 6.07) is 20.8. The highest BCUT2D eigenvalue weighted by atomic mass is 32.2. The monoisotopic (exact) mass is 464 g/mol. The molecule has 4 rings (SSSR count). The van der Waals surface area contributed by atoms with Crippen LogP contribution in [-0.2, 0) is 10.0 Å². The van der Waals surface area contributed by atoms with E-state index in [0.29, 0.717) is 27.0 Å². The first-order valence-electron chi connectivity index (χ1n) is 9.72. The topological polar surface area (TPSA) is 101 Å². The first kappa shape index (κ1) is 21.7. The third-order valence-electron chi connectivity index (χ3n) is 4.74. The summed E-state index contributed by atoms with van der Waals surface area (Å²) >= 11 is 1.26. The maximum Gasteiger partial charge on any atom is 0.261 e. The maximum atomic E-state index is 12.8. The Morgan fingerprint density at radius 3 is 2.34 bits per heavy atom. The summed E-state index contributed by atoms with van der Waals surface area (Å²) in [7, 11) is -3.77. The third-order valence-corrected chi connectivity index (χ3v) is 7.01. The highest BCUT2D eigenvalue weighted by molar-refractivity contribution is 7.92. The molecular weight excluding hydrogens is 444 g/mol. The normalized spacial score (nSPS) is 11.2. The van der Waals surface area contributed by atoms with Gasteiger partial charge >= 0.3 is 0 Å². The summed E-state index contributed by atoms with van der Waals surface area (Å²) in [5.74, 6) is -0.406. The van der Waals surface area contributed by atoms with E-state index >= 15 is 0 Å². The molecule has 0 fully saturated rings. The molecule has 1 heterocycles. The molecule has 0 aliphatic rings. The van der Waals surface area contributed by atoms with Gasteiger partial charge in [-0.05, 0) is 43.7 Å². The van der Waals surface area contributed by atoms with E-state index in [1.807, 2.05) is 31.2 Å². The Hall–Kier alpha value is -3.56. The van der Waals surface area contributed by atoms with Crippen LogP contribution in [-0.4, -0.2) is 24.5 Å². The predicted molar refractivity (Wildman–Crippen MR) is 126 cm³/mol. The lowest BCUT2D eigenvalue weighted by molar-refractivity contribution is 0.102. The quantitative estimate of drug-likeness (QED) is 0.424. The van der Waals surface area contributed by atoms with Gasteiger partial charge in [-0.1, -0.05) is 65.4 Å². The molecule has 0 aliphatic carbocycles. The standard InChI is InChI=1S/C23H20N4O3S2/c1-15-8-11-17(12-9-15)22-25-26-23(31-22)24-21(28)18-13-10-16(2)20(14-18)27-32(29,30)19-6-4-3-5-7-19/h3-14,27H,1-2H3,(H,24,26,28). The summed E-state index contributed by atoms with van der Waals surface area (Å²) in [6.07, 6.45) is 0. The van der Waals surface area contributed by atoms with Gasteiger partial charge in [0.1, 0.15) is 5.01 Å². The first-order chi connectivity index (χ1) is 15.3. The molecule has 0 radical (unpaired) electrons. The summed E-state index contributed by atoms with van der Waals surface area (Å²) < 4.78 is 27.9. The van der Waals surface area contributed by atoms with Gasteiger partial charge in [-0.25, -0.2) is 8.42 Å². The Kier molecular flexibility index (Phi) is 6.02. The van der Waals surface area contributed by atoms with Crippen molar-refractivity contribution in [1.29, 1.82) is 0 Å². The minimum atomic E-state index is -3.77. The van der Waals surface area contributed by atoms with E-state index in [0.717, 1.165) is 11.1 Å². The third kappa shape index (κ3) is 4.84. The maximum absolute atomic E-state index is 12.8. The molecule has 0 saturated heterocycles. The molecule has 0 atom stereocenters. The van der Waals surface area contributed by atoms with E-state index in [1.54, 1.807) is 37.3 Å². The zero-order chi connectivity index (χ0) is 22.7. The van der Waals surface area contributed by atoms with Gasteiger partial charge in [0.05, 0.1) is 10.6 Å². The lowest BCUT2D eigenvalue weighted by atomic mass is 10.1. The van der Waals surface area contributed by atoms with Crippen molar-refractivity contribution in [3.63, 3.8) is 0 Å². The summed E-state index contributed by atoms with van der Waals surface area (Å²) in [5, 5.41) is 12.0. The van der Waals surface area contributed by atoms with Gasteiger partial charge in [-0.15, -0.1) is 10.2 Å². The molecule has 32 heavy (non-hydrogen) atoms. The lowest BCUT2D eigenvalue weighted by Crippen LogP contribution is -2.16. The molecule has 3 aromatic carbocycles. The zero-order valence-electron chi connectivity index (χ0n) is 17.4. The number of carbonyl (C=O) groups is 1. The second kappa shape index (κ2) is 8.89. The smallest absolute Gasteiger partial charge is 0.261 e. The average Bonchev–Trinajstić information content (AvgIpc) is 3.24. The number of nitrogens with one attached hydrogen (secondary N) is 2. The van der Waals surface area contributed by atoms with E-state index in [9.17, 15) is 13.2 Å². The molecular formula is C23H20N4O3S2. The summed E-state index contributed by atoms with van der Waals surface area (Å²) in [6.45, 7) is 3.77. The van der Waals surface area contributed by atoms with E-state index < -0.39 is 15.9 Å². The number of amides is 1. The number of rotatable bonds is 6. The van der Waals surface area contributed by atoms with Gasteiger partial charge in [0.15, 0.2) is 0 Å². The van der Waals surface area contributed by atoms with Crippen LogP contribution in [0, 0.1) is 13.8 Å². The van der Waals surface area contributed by atoms with E-state index in [-0.39, 0.29) is 4.90 Å². The van der Waals surface area contributed by atoms with Gasteiger partial charge in [-0.3, -0.25) is 14.8 Å². The number of aromatic nitrogens is 2. The second-order valence-corrected chi connectivity index (χ2v) is 9.84. The summed E-state index contributed by atoms with van der Waals surface area (Å²) in [4.78, 5) is 12.9. The van der Waals surface area contributed by atoms with Gasteiger partial charge in [0.25, 0.3) is 15.9 Å². The van der Waals surface area contributed by atoms with Crippen molar-refractivity contribution in [3.05, 3.63) is 89.5 Å². The molecule has 1 aromatic heterocycles. The van der Waals surface area contributed by atoms with Crippen LogP contribution in [0.2, 0.25) is 0 Å². The van der Waals surface area contributed by atoms with E-state index in [1.165, 1.54) is 29.5 Å². The number of sulfonamides is 1. The molecule has 1 amide bonds. The number of aryl methyl sites for hydroxylation is 2. The average molecular weight is 465 g/mol. The molecule has 9 heteroatoms. The van der Waals surface area contributed by atoms with E-state index in [4.69, 9.17) is 0 Å². The van der Waals surface area contributed by atoms with Crippen LogP contribution in [0.4, 0.5) is 10.8 Å². The van der Waals surface area contributed by atoms with Crippen molar-refractivity contribution < 1.29 is 13.2 Å². The minimum Gasteiger partial charge on any atom is -0.296 e. The Labute approximate surface area is 190 Å². The zero-order valence-corrected chi connectivity index (χ0v) is 19.0. The van der Waals surface area contributed by atoms with Crippen LogP contribution in [0.25, 0.3) is 10.6 Å². The Balaban J connectivity index is 1.52. The number of nitrogens with zero attached hydrogens (tertiary/aromatic N) is 2. The van der Waals surface area contributed by atoms with Crippen molar-refractivity contribution in [2.24, 2.45) is 0 Å². The molecule has 0 spiro atoms. The van der Waals surface area contributed by atoms with Gasteiger partial charge in [0.2, 0.25) is 5.13 Å². The van der Waals surface area contributed by atoms with Crippen molar-refractivity contribution in [2.45, 2.75) is 18.7 Å². The Bertz CT molecular complexity index is 1370. The molecule has 162 valence electrons. The number of hydrogen-bond donors (Lipinski definition) is 2. The van der Waals surface area contributed by atoms with Crippen molar-refractivity contribution in [3.8, 4) is 10.6 Å². The fourth-order valence-electron chi connectivity index (χ4n) is 2.93. The second-order valence-electron chi connectivity index (χ2n) is 7.18. The number of anilines is 2. The first-order valence-corrected chi connectivity index (χ1v) is 12.0.